The molecule has 2 heterocycles. The summed E-state index contributed by atoms with van der Waals surface area (Å²) in [7, 11) is 0. The molecule has 20 heavy (non-hydrogen) atoms. The van der Waals surface area contributed by atoms with Crippen molar-refractivity contribution in [1.82, 2.24) is 9.80 Å². The molecule has 2 aliphatic rings. The third kappa shape index (κ3) is 3.41. The van der Waals surface area contributed by atoms with Gasteiger partial charge in [0.15, 0.2) is 0 Å². The maximum absolute atomic E-state index is 13.0. The second-order valence-corrected chi connectivity index (χ2v) is 5.44. The average molecular weight is 284 g/mol. The number of piperidine rings is 1. The molecule has 2 fully saturated rings. The quantitative estimate of drug-likeness (QED) is 0.774. The molecular formula is C14H21FN2O3. The minimum absolute atomic E-state index is 0.420. The van der Waals surface area contributed by atoms with Crippen LogP contribution in [0.4, 0.5) is 9.18 Å². The first kappa shape index (κ1) is 15.1. The van der Waals surface area contributed by atoms with E-state index in [0.717, 1.165) is 0 Å². The number of carboxylic acid groups (broad SMARTS) is 1. The maximum atomic E-state index is 13.0. The standard InChI is InChI=1S/C14H21FN2O3/c1-2-3-6-16-10-12(9-15)20-14(11-16)4-7-17(8-5-14)13(18)19/h12H,4-11H2,1H3,(H,18,19). The van der Waals surface area contributed by atoms with Crippen LogP contribution >= 0.6 is 0 Å². The van der Waals surface area contributed by atoms with Crippen LogP contribution in [0.1, 0.15) is 19.8 Å². The van der Waals surface area contributed by atoms with Crippen LogP contribution in [-0.4, -0.2) is 72.1 Å². The van der Waals surface area contributed by atoms with Gasteiger partial charge >= 0.3 is 6.09 Å². The summed E-state index contributed by atoms with van der Waals surface area (Å²) in [5, 5.41) is 8.99. The SMILES string of the molecule is CC#CCN1CC(CF)OC2(CCN(C(=O)O)CC2)C1. The van der Waals surface area contributed by atoms with Crippen LogP contribution in [0.2, 0.25) is 0 Å². The molecule has 0 aromatic carbocycles. The Balaban J connectivity index is 2.01. The Morgan fingerprint density at radius 1 is 1.50 bits per heavy atom. The van der Waals surface area contributed by atoms with Crippen LogP contribution in [0.25, 0.3) is 0 Å². The molecule has 0 radical (unpaired) electrons. The third-order valence-electron chi connectivity index (χ3n) is 3.99. The van der Waals surface area contributed by atoms with E-state index < -0.39 is 24.5 Å². The van der Waals surface area contributed by atoms with E-state index in [9.17, 15) is 9.18 Å². The number of halogens is 1. The van der Waals surface area contributed by atoms with Gasteiger partial charge in [-0.05, 0) is 19.8 Å². The molecule has 112 valence electrons. The van der Waals surface area contributed by atoms with Crippen LogP contribution < -0.4 is 0 Å². The summed E-state index contributed by atoms with van der Waals surface area (Å²) in [5.74, 6) is 5.85. The van der Waals surface area contributed by atoms with Gasteiger partial charge in [-0.25, -0.2) is 9.18 Å². The summed E-state index contributed by atoms with van der Waals surface area (Å²) >= 11 is 0. The molecule has 1 unspecified atom stereocenters. The molecule has 0 saturated carbocycles. The van der Waals surface area contributed by atoms with Crippen molar-refractivity contribution in [3.05, 3.63) is 0 Å². The van der Waals surface area contributed by atoms with Crippen LogP contribution in [-0.2, 0) is 4.74 Å². The Kier molecular flexibility index (Phi) is 4.84. The molecule has 1 atom stereocenters. The van der Waals surface area contributed by atoms with E-state index in [2.05, 4.69) is 16.7 Å². The zero-order valence-corrected chi connectivity index (χ0v) is 11.8. The van der Waals surface area contributed by atoms with Crippen molar-refractivity contribution in [2.45, 2.75) is 31.5 Å². The van der Waals surface area contributed by atoms with Gasteiger partial charge in [-0.2, -0.15) is 0 Å². The van der Waals surface area contributed by atoms with Crippen molar-refractivity contribution in [2.24, 2.45) is 0 Å². The Morgan fingerprint density at radius 3 is 2.75 bits per heavy atom. The molecule has 0 aromatic heterocycles. The number of alkyl halides is 1. The number of amides is 1. The van der Waals surface area contributed by atoms with E-state index in [1.807, 2.05) is 0 Å². The first-order valence-electron chi connectivity index (χ1n) is 6.92. The molecule has 0 aliphatic carbocycles. The van der Waals surface area contributed by atoms with Gasteiger partial charge in [0.1, 0.15) is 6.67 Å². The van der Waals surface area contributed by atoms with Gasteiger partial charge in [-0.15, -0.1) is 5.92 Å². The Labute approximate surface area is 118 Å². The zero-order valence-electron chi connectivity index (χ0n) is 11.8. The van der Waals surface area contributed by atoms with Crippen molar-refractivity contribution in [1.29, 1.82) is 0 Å². The summed E-state index contributed by atoms with van der Waals surface area (Å²) in [5.41, 5.74) is -0.420. The summed E-state index contributed by atoms with van der Waals surface area (Å²) < 4.78 is 18.9. The lowest BCUT2D eigenvalue weighted by Gasteiger charge is -2.48. The molecule has 1 spiro atoms. The summed E-state index contributed by atoms with van der Waals surface area (Å²) in [4.78, 5) is 14.5. The van der Waals surface area contributed by atoms with Crippen molar-refractivity contribution >= 4 is 6.09 Å². The predicted octanol–water partition coefficient (Wildman–Crippen LogP) is 1.19. The van der Waals surface area contributed by atoms with E-state index >= 15 is 0 Å². The fourth-order valence-electron chi connectivity index (χ4n) is 2.96. The van der Waals surface area contributed by atoms with E-state index in [-0.39, 0.29) is 0 Å². The third-order valence-corrected chi connectivity index (χ3v) is 3.99. The van der Waals surface area contributed by atoms with Crippen molar-refractivity contribution in [3.63, 3.8) is 0 Å². The number of rotatable bonds is 2. The molecule has 2 aliphatic heterocycles. The van der Waals surface area contributed by atoms with Crippen LogP contribution in [0.3, 0.4) is 0 Å². The molecule has 5 nitrogen and oxygen atoms in total. The molecule has 6 heteroatoms. The fraction of sp³-hybridized carbons (Fsp3) is 0.786. The first-order valence-corrected chi connectivity index (χ1v) is 6.92. The maximum Gasteiger partial charge on any atom is 0.407 e. The number of hydrogen-bond acceptors (Lipinski definition) is 3. The van der Waals surface area contributed by atoms with E-state index in [1.54, 1.807) is 6.92 Å². The largest absolute Gasteiger partial charge is 0.465 e. The van der Waals surface area contributed by atoms with Gasteiger partial charge in [0, 0.05) is 26.2 Å². The molecule has 1 amide bonds. The highest BCUT2D eigenvalue weighted by Gasteiger charge is 2.43. The zero-order chi connectivity index (χ0) is 14.6. The Bertz CT molecular complexity index is 410. The van der Waals surface area contributed by atoms with Crippen LogP contribution in [0, 0.1) is 11.8 Å². The predicted molar refractivity (Wildman–Crippen MR) is 72.3 cm³/mol. The number of nitrogens with zero attached hydrogens (tertiary/aromatic N) is 2. The molecule has 0 aromatic rings. The number of likely N-dealkylation sites (tertiary alicyclic amines) is 1. The average Bonchev–Trinajstić information content (AvgIpc) is 2.45. The van der Waals surface area contributed by atoms with E-state index in [0.29, 0.717) is 45.6 Å². The number of hydrogen-bond donors (Lipinski definition) is 1. The fourth-order valence-corrected chi connectivity index (χ4v) is 2.96. The molecule has 2 rings (SSSR count). The first-order chi connectivity index (χ1) is 9.58. The monoisotopic (exact) mass is 284 g/mol. The molecule has 0 bridgehead atoms. The molecule has 1 N–H and O–H groups in total. The van der Waals surface area contributed by atoms with Gasteiger partial charge in [0.05, 0.1) is 18.2 Å². The van der Waals surface area contributed by atoms with Crippen LogP contribution in [0.5, 0.6) is 0 Å². The summed E-state index contributed by atoms with van der Waals surface area (Å²) in [6.45, 7) is 4.03. The van der Waals surface area contributed by atoms with Crippen LogP contribution in [0.15, 0.2) is 0 Å². The second kappa shape index (κ2) is 6.42. The minimum atomic E-state index is -0.897. The lowest BCUT2D eigenvalue weighted by Crippen LogP contribution is -2.60. The highest BCUT2D eigenvalue weighted by molar-refractivity contribution is 5.65. The van der Waals surface area contributed by atoms with Gasteiger partial charge in [-0.1, -0.05) is 5.92 Å². The highest BCUT2D eigenvalue weighted by atomic mass is 19.1. The normalized spacial score (nSPS) is 26.1. The second-order valence-electron chi connectivity index (χ2n) is 5.44. The van der Waals surface area contributed by atoms with E-state index in [4.69, 9.17) is 9.84 Å². The Morgan fingerprint density at radius 2 is 2.20 bits per heavy atom. The van der Waals surface area contributed by atoms with Gasteiger partial charge in [-0.3, -0.25) is 4.90 Å². The van der Waals surface area contributed by atoms with Gasteiger partial charge in [0.25, 0.3) is 0 Å². The number of carbonyl (C=O) groups is 1. The highest BCUT2D eigenvalue weighted by Crippen LogP contribution is 2.32. The molecular weight excluding hydrogens is 263 g/mol. The van der Waals surface area contributed by atoms with Crippen molar-refractivity contribution < 1.29 is 19.0 Å². The Hall–Kier alpha value is -1.32. The van der Waals surface area contributed by atoms with Crippen molar-refractivity contribution in [3.8, 4) is 11.8 Å². The lowest BCUT2D eigenvalue weighted by atomic mass is 9.88. The van der Waals surface area contributed by atoms with Gasteiger partial charge < -0.3 is 14.7 Å². The minimum Gasteiger partial charge on any atom is -0.465 e. The topological polar surface area (TPSA) is 53.0 Å². The smallest absolute Gasteiger partial charge is 0.407 e. The van der Waals surface area contributed by atoms with Crippen molar-refractivity contribution in [2.75, 3.05) is 39.4 Å². The number of ether oxygens (including phenoxy) is 1. The lowest BCUT2D eigenvalue weighted by molar-refractivity contribution is -0.175. The van der Waals surface area contributed by atoms with E-state index in [1.165, 1.54) is 4.90 Å². The summed E-state index contributed by atoms with van der Waals surface area (Å²) in [6.07, 6.45) is -0.0947. The number of morpholine rings is 1. The van der Waals surface area contributed by atoms with Gasteiger partial charge in [0.2, 0.25) is 0 Å². The summed E-state index contributed by atoms with van der Waals surface area (Å²) in [6, 6.07) is 0. The molecule has 2 saturated heterocycles.